The molecule has 1 aromatic carbocycles. The van der Waals surface area contributed by atoms with Crippen molar-refractivity contribution in [3.05, 3.63) is 59.5 Å². The van der Waals surface area contributed by atoms with Gasteiger partial charge < -0.3 is 5.11 Å². The van der Waals surface area contributed by atoms with Crippen LogP contribution in [0.3, 0.4) is 0 Å². The van der Waals surface area contributed by atoms with E-state index in [9.17, 15) is 14.3 Å². The largest absolute Gasteiger partial charge is 0.478 e. The molecule has 5 heteroatoms. The van der Waals surface area contributed by atoms with Crippen LogP contribution in [-0.2, 0) is 0 Å². The van der Waals surface area contributed by atoms with Crippen LogP contribution in [0.15, 0.2) is 42.6 Å². The first kappa shape index (κ1) is 13.2. The molecule has 0 aliphatic rings. The van der Waals surface area contributed by atoms with Crippen molar-refractivity contribution in [3.63, 3.8) is 0 Å². The van der Waals surface area contributed by atoms with Crippen LogP contribution in [0.5, 0.6) is 0 Å². The fraction of sp³-hybridized carbons (Fsp3) is 0.0625. The number of rotatable bonds is 2. The maximum Gasteiger partial charge on any atom is 0.336 e. The van der Waals surface area contributed by atoms with Crippen molar-refractivity contribution in [2.24, 2.45) is 0 Å². The summed E-state index contributed by atoms with van der Waals surface area (Å²) in [6.07, 6.45) is 1.08. The molecule has 3 aromatic rings. The summed E-state index contributed by atoms with van der Waals surface area (Å²) in [5, 5.41) is 9.96. The van der Waals surface area contributed by atoms with E-state index >= 15 is 0 Å². The maximum absolute atomic E-state index is 12.9. The Labute approximate surface area is 119 Å². The molecule has 1 N–H and O–H groups in total. The van der Waals surface area contributed by atoms with Gasteiger partial charge in [0, 0.05) is 5.39 Å². The highest BCUT2D eigenvalue weighted by Gasteiger charge is 2.14. The quantitative estimate of drug-likeness (QED) is 0.782. The van der Waals surface area contributed by atoms with Gasteiger partial charge >= 0.3 is 5.97 Å². The van der Waals surface area contributed by atoms with Crippen LogP contribution < -0.4 is 0 Å². The van der Waals surface area contributed by atoms with Crippen molar-refractivity contribution in [1.29, 1.82) is 0 Å². The summed E-state index contributed by atoms with van der Waals surface area (Å²) in [7, 11) is 0. The van der Waals surface area contributed by atoms with Gasteiger partial charge in [-0.3, -0.25) is 4.98 Å². The number of hydrogen-bond donors (Lipinski definition) is 1. The maximum atomic E-state index is 12.9. The van der Waals surface area contributed by atoms with Crippen molar-refractivity contribution in [3.8, 4) is 11.4 Å². The second-order valence-electron chi connectivity index (χ2n) is 4.69. The van der Waals surface area contributed by atoms with Crippen LogP contribution >= 0.6 is 0 Å². The Balaban J connectivity index is 2.32. The molecule has 104 valence electrons. The van der Waals surface area contributed by atoms with Crippen molar-refractivity contribution in [2.75, 3.05) is 0 Å². The lowest BCUT2D eigenvalue weighted by molar-refractivity contribution is 0.0699. The molecule has 0 saturated heterocycles. The van der Waals surface area contributed by atoms with Gasteiger partial charge in [-0.05, 0) is 30.7 Å². The summed E-state index contributed by atoms with van der Waals surface area (Å²) >= 11 is 0. The number of pyridine rings is 2. The number of para-hydroxylation sites is 1. The first-order chi connectivity index (χ1) is 10.1. The van der Waals surface area contributed by atoms with E-state index in [-0.39, 0.29) is 5.56 Å². The second-order valence-corrected chi connectivity index (χ2v) is 4.69. The first-order valence-electron chi connectivity index (χ1n) is 6.32. The third-order valence-corrected chi connectivity index (χ3v) is 3.26. The molecule has 0 spiro atoms. The molecule has 3 rings (SSSR count). The smallest absolute Gasteiger partial charge is 0.336 e. The molecule has 0 saturated carbocycles. The third kappa shape index (κ3) is 2.33. The predicted octanol–water partition coefficient (Wildman–Crippen LogP) is 3.44. The minimum Gasteiger partial charge on any atom is -0.478 e. The van der Waals surface area contributed by atoms with Gasteiger partial charge in [-0.1, -0.05) is 18.2 Å². The molecule has 0 radical (unpaired) electrons. The molecule has 0 fully saturated rings. The number of aromatic nitrogens is 2. The number of carboxylic acid groups (broad SMARTS) is 1. The minimum absolute atomic E-state index is 0.157. The Morgan fingerprint density at radius 3 is 2.67 bits per heavy atom. The number of carbonyl (C=O) groups is 1. The number of halogens is 1. The van der Waals surface area contributed by atoms with E-state index in [0.29, 0.717) is 22.3 Å². The van der Waals surface area contributed by atoms with Crippen LogP contribution in [0, 0.1) is 12.7 Å². The van der Waals surface area contributed by atoms with E-state index in [1.54, 1.807) is 12.1 Å². The SMILES string of the molecule is Cc1cccc2c(C(=O)O)cc(-c3ccc(F)cn3)nc12. The Hall–Kier alpha value is -2.82. The third-order valence-electron chi connectivity index (χ3n) is 3.26. The molecular formula is C16H11FN2O2. The summed E-state index contributed by atoms with van der Waals surface area (Å²) in [5.74, 6) is -1.48. The fourth-order valence-electron chi connectivity index (χ4n) is 2.23. The number of hydrogen-bond acceptors (Lipinski definition) is 3. The van der Waals surface area contributed by atoms with Gasteiger partial charge in [0.05, 0.1) is 28.7 Å². The van der Waals surface area contributed by atoms with Gasteiger partial charge in [0.25, 0.3) is 0 Å². The zero-order valence-electron chi connectivity index (χ0n) is 11.2. The van der Waals surface area contributed by atoms with Crippen LogP contribution in [0.25, 0.3) is 22.3 Å². The summed E-state index contributed by atoms with van der Waals surface area (Å²) in [6.45, 7) is 1.86. The van der Waals surface area contributed by atoms with E-state index in [1.165, 1.54) is 18.2 Å². The fourth-order valence-corrected chi connectivity index (χ4v) is 2.23. The average molecular weight is 282 g/mol. The second kappa shape index (κ2) is 4.94. The van der Waals surface area contributed by atoms with Gasteiger partial charge in [0.2, 0.25) is 0 Å². The average Bonchev–Trinajstić information content (AvgIpc) is 2.47. The number of benzene rings is 1. The molecule has 0 amide bonds. The van der Waals surface area contributed by atoms with Crippen LogP contribution in [0.2, 0.25) is 0 Å². The Bertz CT molecular complexity index is 845. The summed E-state index contributed by atoms with van der Waals surface area (Å²) < 4.78 is 12.9. The van der Waals surface area contributed by atoms with Crippen LogP contribution in [0.4, 0.5) is 4.39 Å². The molecular weight excluding hydrogens is 271 g/mol. The monoisotopic (exact) mass is 282 g/mol. The molecule has 0 aliphatic carbocycles. The van der Waals surface area contributed by atoms with Gasteiger partial charge in [0.15, 0.2) is 0 Å². The number of carboxylic acids is 1. The number of aryl methyl sites for hydroxylation is 1. The number of aromatic carboxylic acids is 1. The lowest BCUT2D eigenvalue weighted by Crippen LogP contribution is -2.01. The zero-order valence-corrected chi connectivity index (χ0v) is 11.2. The Morgan fingerprint density at radius 1 is 1.19 bits per heavy atom. The van der Waals surface area contributed by atoms with Crippen molar-refractivity contribution in [2.45, 2.75) is 6.92 Å². The number of nitrogens with zero attached hydrogens (tertiary/aromatic N) is 2. The summed E-state index contributed by atoms with van der Waals surface area (Å²) in [4.78, 5) is 19.9. The zero-order chi connectivity index (χ0) is 15.0. The predicted molar refractivity (Wildman–Crippen MR) is 76.6 cm³/mol. The normalized spacial score (nSPS) is 10.8. The molecule has 2 aromatic heterocycles. The van der Waals surface area contributed by atoms with E-state index in [1.807, 2.05) is 13.0 Å². The minimum atomic E-state index is -1.03. The summed E-state index contributed by atoms with van der Waals surface area (Å²) in [6, 6.07) is 9.59. The van der Waals surface area contributed by atoms with Crippen molar-refractivity contribution < 1.29 is 14.3 Å². The Kier molecular flexibility index (Phi) is 3.10. The topological polar surface area (TPSA) is 63.1 Å². The number of fused-ring (bicyclic) bond motifs is 1. The Morgan fingerprint density at radius 2 is 2.00 bits per heavy atom. The molecule has 21 heavy (non-hydrogen) atoms. The highest BCUT2D eigenvalue weighted by atomic mass is 19.1. The lowest BCUT2D eigenvalue weighted by Gasteiger charge is -2.08. The van der Waals surface area contributed by atoms with E-state index in [4.69, 9.17) is 0 Å². The van der Waals surface area contributed by atoms with E-state index < -0.39 is 11.8 Å². The molecule has 0 atom stereocenters. The molecule has 0 unspecified atom stereocenters. The van der Waals surface area contributed by atoms with E-state index in [0.717, 1.165) is 11.8 Å². The van der Waals surface area contributed by atoms with Crippen LogP contribution in [0.1, 0.15) is 15.9 Å². The van der Waals surface area contributed by atoms with Crippen molar-refractivity contribution in [1.82, 2.24) is 9.97 Å². The van der Waals surface area contributed by atoms with Crippen LogP contribution in [-0.4, -0.2) is 21.0 Å². The standard InChI is InChI=1S/C16H11FN2O2/c1-9-3-2-4-11-12(16(20)21)7-14(19-15(9)11)13-6-5-10(17)8-18-13/h2-8H,1H3,(H,20,21). The van der Waals surface area contributed by atoms with E-state index in [2.05, 4.69) is 9.97 Å². The van der Waals surface area contributed by atoms with Crippen molar-refractivity contribution >= 4 is 16.9 Å². The molecule has 0 aliphatic heterocycles. The lowest BCUT2D eigenvalue weighted by atomic mass is 10.0. The highest BCUT2D eigenvalue weighted by molar-refractivity contribution is 6.04. The molecule has 0 bridgehead atoms. The highest BCUT2D eigenvalue weighted by Crippen LogP contribution is 2.25. The molecule has 2 heterocycles. The summed E-state index contributed by atoms with van der Waals surface area (Å²) in [5.41, 5.74) is 2.49. The first-order valence-corrected chi connectivity index (χ1v) is 6.32. The van der Waals surface area contributed by atoms with Gasteiger partial charge in [-0.25, -0.2) is 14.2 Å². The van der Waals surface area contributed by atoms with Gasteiger partial charge in [-0.2, -0.15) is 0 Å². The molecule has 4 nitrogen and oxygen atoms in total. The van der Waals surface area contributed by atoms with Gasteiger partial charge in [0.1, 0.15) is 5.82 Å². The van der Waals surface area contributed by atoms with Gasteiger partial charge in [-0.15, -0.1) is 0 Å².